The van der Waals surface area contributed by atoms with Crippen LogP contribution in [0, 0.1) is 0 Å². The van der Waals surface area contributed by atoms with E-state index in [4.69, 9.17) is 9.47 Å². The average Bonchev–Trinajstić information content (AvgIpc) is 2.18. The van der Waals surface area contributed by atoms with Crippen LogP contribution >= 0.6 is 0 Å². The van der Waals surface area contributed by atoms with Gasteiger partial charge in [-0.05, 0) is 41.5 Å². The first kappa shape index (κ1) is 19.7. The highest BCUT2D eigenvalue weighted by molar-refractivity contribution is 5.82. The highest BCUT2D eigenvalue weighted by atomic mass is 16.6. The van der Waals surface area contributed by atoms with Crippen LogP contribution in [0.25, 0.3) is 0 Å². The van der Waals surface area contributed by atoms with Crippen molar-refractivity contribution in [3.8, 4) is 0 Å². The number of carbonyl (C=O) groups is 2. The number of hydrogen-bond donors (Lipinski definition) is 2. The maximum absolute atomic E-state index is 12.1. The lowest BCUT2D eigenvalue weighted by molar-refractivity contribution is -0.157. The molecule has 0 fully saturated rings. The first-order valence-corrected chi connectivity index (χ1v) is 7.26. The normalized spacial score (nSPS) is 13.8. The van der Waals surface area contributed by atoms with Gasteiger partial charge in [0, 0.05) is 12.6 Å². The number of hydrogen-bond acceptors (Lipinski definition) is 5. The van der Waals surface area contributed by atoms with Crippen LogP contribution in [-0.2, 0) is 14.3 Å². The van der Waals surface area contributed by atoms with Crippen molar-refractivity contribution in [1.29, 1.82) is 0 Å². The standard InChI is InChI=1S/C15H30N2O4/c1-10(2)16-9-11(12(18)20-14(3,4)5)17-13(19)21-15(6,7)8/h10-11,16H,9H2,1-8H3,(H,17,19). The Kier molecular flexibility index (Phi) is 7.16. The lowest BCUT2D eigenvalue weighted by Crippen LogP contribution is -2.51. The molecule has 0 heterocycles. The van der Waals surface area contributed by atoms with E-state index in [0.29, 0.717) is 0 Å². The Bertz CT molecular complexity index is 354. The van der Waals surface area contributed by atoms with Crippen LogP contribution in [0.5, 0.6) is 0 Å². The van der Waals surface area contributed by atoms with E-state index in [1.807, 2.05) is 13.8 Å². The highest BCUT2D eigenvalue weighted by Crippen LogP contribution is 2.10. The number of nitrogens with one attached hydrogen (secondary N) is 2. The fourth-order valence-electron chi connectivity index (χ4n) is 1.37. The van der Waals surface area contributed by atoms with Crippen LogP contribution in [0.4, 0.5) is 4.79 Å². The maximum atomic E-state index is 12.1. The Morgan fingerprint density at radius 2 is 1.43 bits per heavy atom. The lowest BCUT2D eigenvalue weighted by atomic mass is 10.2. The topological polar surface area (TPSA) is 76.7 Å². The summed E-state index contributed by atoms with van der Waals surface area (Å²) in [4.78, 5) is 24.0. The van der Waals surface area contributed by atoms with Crippen LogP contribution in [0.1, 0.15) is 55.4 Å². The van der Waals surface area contributed by atoms with Crippen LogP contribution in [0.15, 0.2) is 0 Å². The van der Waals surface area contributed by atoms with Gasteiger partial charge in [-0.1, -0.05) is 13.8 Å². The summed E-state index contributed by atoms with van der Waals surface area (Å²) >= 11 is 0. The zero-order chi connectivity index (χ0) is 16.8. The van der Waals surface area contributed by atoms with Crippen molar-refractivity contribution in [2.75, 3.05) is 6.54 Å². The third-order valence-electron chi connectivity index (χ3n) is 2.11. The molecule has 2 N–H and O–H groups in total. The van der Waals surface area contributed by atoms with Crippen molar-refractivity contribution in [3.63, 3.8) is 0 Å². The molecule has 0 aromatic rings. The van der Waals surface area contributed by atoms with E-state index in [1.165, 1.54) is 0 Å². The summed E-state index contributed by atoms with van der Waals surface area (Å²) in [5, 5.41) is 5.66. The molecule has 21 heavy (non-hydrogen) atoms. The zero-order valence-corrected chi connectivity index (χ0v) is 14.5. The van der Waals surface area contributed by atoms with Gasteiger partial charge in [-0.25, -0.2) is 9.59 Å². The second-order valence-corrected chi connectivity index (χ2v) is 7.30. The van der Waals surface area contributed by atoms with Crippen molar-refractivity contribution in [3.05, 3.63) is 0 Å². The van der Waals surface area contributed by atoms with Gasteiger partial charge in [0.2, 0.25) is 0 Å². The summed E-state index contributed by atoms with van der Waals surface area (Å²) in [5.41, 5.74) is -1.23. The molecule has 124 valence electrons. The van der Waals surface area contributed by atoms with Crippen LogP contribution in [-0.4, -0.2) is 41.9 Å². The van der Waals surface area contributed by atoms with Crippen molar-refractivity contribution in [1.82, 2.24) is 10.6 Å². The second-order valence-electron chi connectivity index (χ2n) is 7.30. The van der Waals surface area contributed by atoms with E-state index >= 15 is 0 Å². The summed E-state index contributed by atoms with van der Waals surface area (Å²) in [5.74, 6) is -0.485. The Morgan fingerprint density at radius 3 is 1.81 bits per heavy atom. The largest absolute Gasteiger partial charge is 0.458 e. The molecule has 6 nitrogen and oxygen atoms in total. The van der Waals surface area contributed by atoms with Crippen molar-refractivity contribution < 1.29 is 19.1 Å². The summed E-state index contributed by atoms with van der Waals surface area (Å²) in [6.45, 7) is 14.8. The predicted octanol–water partition coefficient (Wildman–Crippen LogP) is 2.22. The van der Waals surface area contributed by atoms with Crippen molar-refractivity contribution in [2.45, 2.75) is 78.7 Å². The minimum absolute atomic E-state index is 0.190. The van der Waals surface area contributed by atoms with Crippen LogP contribution in [0.2, 0.25) is 0 Å². The third-order valence-corrected chi connectivity index (χ3v) is 2.11. The number of rotatable bonds is 5. The van der Waals surface area contributed by atoms with E-state index in [2.05, 4.69) is 10.6 Å². The van der Waals surface area contributed by atoms with Crippen molar-refractivity contribution >= 4 is 12.1 Å². The fourth-order valence-corrected chi connectivity index (χ4v) is 1.37. The summed E-state index contributed by atoms with van der Waals surface area (Å²) in [7, 11) is 0. The summed E-state index contributed by atoms with van der Waals surface area (Å²) < 4.78 is 10.5. The van der Waals surface area contributed by atoms with Gasteiger partial charge in [0.15, 0.2) is 0 Å². The van der Waals surface area contributed by atoms with Gasteiger partial charge >= 0.3 is 12.1 Å². The minimum Gasteiger partial charge on any atom is -0.458 e. The minimum atomic E-state index is -0.790. The van der Waals surface area contributed by atoms with Crippen LogP contribution in [0.3, 0.4) is 0 Å². The number of esters is 1. The Balaban J connectivity index is 4.73. The third kappa shape index (κ3) is 11.1. The Morgan fingerprint density at radius 1 is 0.952 bits per heavy atom. The molecule has 0 saturated carbocycles. The first-order chi connectivity index (χ1) is 9.30. The highest BCUT2D eigenvalue weighted by Gasteiger charge is 2.28. The smallest absolute Gasteiger partial charge is 0.408 e. The molecule has 0 saturated heterocycles. The van der Waals surface area contributed by atoms with Gasteiger partial charge in [0.05, 0.1) is 0 Å². The predicted molar refractivity (Wildman–Crippen MR) is 82.1 cm³/mol. The summed E-state index contributed by atoms with van der Waals surface area (Å²) in [6, 6.07) is -0.600. The Labute approximate surface area is 127 Å². The average molecular weight is 302 g/mol. The molecule has 0 aliphatic carbocycles. The van der Waals surface area contributed by atoms with Crippen LogP contribution < -0.4 is 10.6 Å². The molecule has 6 heteroatoms. The molecule has 1 unspecified atom stereocenters. The molecule has 0 radical (unpaired) electrons. The first-order valence-electron chi connectivity index (χ1n) is 7.26. The number of amides is 1. The van der Waals surface area contributed by atoms with E-state index in [9.17, 15) is 9.59 Å². The number of carbonyl (C=O) groups excluding carboxylic acids is 2. The quantitative estimate of drug-likeness (QED) is 0.762. The zero-order valence-electron chi connectivity index (χ0n) is 14.5. The fraction of sp³-hybridized carbons (Fsp3) is 0.867. The SMILES string of the molecule is CC(C)NCC(NC(=O)OC(C)(C)C)C(=O)OC(C)(C)C. The molecule has 1 amide bonds. The van der Waals surface area contributed by atoms with Crippen molar-refractivity contribution in [2.24, 2.45) is 0 Å². The number of ether oxygens (including phenoxy) is 2. The molecular weight excluding hydrogens is 272 g/mol. The van der Waals surface area contributed by atoms with E-state index in [1.54, 1.807) is 41.5 Å². The van der Waals surface area contributed by atoms with E-state index < -0.39 is 29.3 Å². The van der Waals surface area contributed by atoms with E-state index in [-0.39, 0.29) is 12.6 Å². The van der Waals surface area contributed by atoms with E-state index in [0.717, 1.165) is 0 Å². The monoisotopic (exact) mass is 302 g/mol. The lowest BCUT2D eigenvalue weighted by Gasteiger charge is -2.26. The molecule has 0 spiro atoms. The second kappa shape index (κ2) is 7.64. The van der Waals surface area contributed by atoms with Gasteiger partial charge in [-0.2, -0.15) is 0 Å². The molecular formula is C15H30N2O4. The van der Waals surface area contributed by atoms with Gasteiger partial charge < -0.3 is 20.1 Å². The number of alkyl carbamates (subject to hydrolysis) is 1. The maximum Gasteiger partial charge on any atom is 0.408 e. The molecule has 0 aromatic carbocycles. The molecule has 0 aromatic heterocycles. The van der Waals surface area contributed by atoms with Gasteiger partial charge in [-0.15, -0.1) is 0 Å². The van der Waals surface area contributed by atoms with Gasteiger partial charge in [0.1, 0.15) is 17.2 Å². The molecule has 0 aliphatic rings. The molecule has 0 aliphatic heterocycles. The molecule has 0 bridgehead atoms. The molecule has 0 rings (SSSR count). The van der Waals surface area contributed by atoms with Gasteiger partial charge in [0.25, 0.3) is 0 Å². The summed E-state index contributed by atoms with van der Waals surface area (Å²) in [6.07, 6.45) is -0.635. The molecule has 1 atom stereocenters. The Hall–Kier alpha value is -1.30. The van der Waals surface area contributed by atoms with Gasteiger partial charge in [-0.3, -0.25) is 0 Å².